The van der Waals surface area contributed by atoms with E-state index in [1.165, 1.54) is 0 Å². The van der Waals surface area contributed by atoms with E-state index in [1.54, 1.807) is 7.11 Å². The summed E-state index contributed by atoms with van der Waals surface area (Å²) < 4.78 is 10.5. The number of thiocarbonyl (C=S) groups is 1. The summed E-state index contributed by atoms with van der Waals surface area (Å²) in [7, 11) is 1.62. The van der Waals surface area contributed by atoms with Gasteiger partial charge in [0.15, 0.2) is 5.11 Å². The zero-order valence-electron chi connectivity index (χ0n) is 15.7. The third-order valence-corrected chi connectivity index (χ3v) is 4.16. The highest BCUT2D eigenvalue weighted by atomic mass is 32.1. The first-order valence-corrected chi connectivity index (χ1v) is 9.36. The Balaban J connectivity index is 1.82. The highest BCUT2D eigenvalue weighted by Gasteiger charge is 2.12. The predicted molar refractivity (Wildman–Crippen MR) is 110 cm³/mol. The van der Waals surface area contributed by atoms with Crippen LogP contribution in [0.15, 0.2) is 24.3 Å². The first kappa shape index (κ1) is 20.7. The summed E-state index contributed by atoms with van der Waals surface area (Å²) >= 11 is 5.23. The molecule has 27 heavy (non-hydrogen) atoms. The Morgan fingerprint density at radius 3 is 2.78 bits per heavy atom. The van der Waals surface area contributed by atoms with E-state index in [1.807, 2.05) is 31.2 Å². The topological polar surface area (TPSA) is 92.5 Å². The van der Waals surface area contributed by atoms with Gasteiger partial charge in [-0.25, -0.2) is 4.98 Å². The van der Waals surface area contributed by atoms with Crippen molar-refractivity contribution in [3.8, 4) is 11.8 Å². The number of H-pyrrole nitrogens is 1. The summed E-state index contributed by atoms with van der Waals surface area (Å²) in [5.41, 5.74) is 1.48. The highest BCUT2D eigenvalue weighted by molar-refractivity contribution is 7.80. The van der Waals surface area contributed by atoms with Gasteiger partial charge in [0.05, 0.1) is 13.7 Å². The number of aromatic amines is 1. The Labute approximate surface area is 165 Å². The maximum atomic E-state index is 9.41. The van der Waals surface area contributed by atoms with Gasteiger partial charge in [-0.15, -0.1) is 0 Å². The van der Waals surface area contributed by atoms with Crippen LogP contribution < -0.4 is 25.7 Å². The van der Waals surface area contributed by atoms with Crippen LogP contribution in [0, 0.1) is 11.3 Å². The minimum atomic E-state index is 0.548. The fourth-order valence-electron chi connectivity index (χ4n) is 2.50. The molecular formula is C19H26N5O2S+. The van der Waals surface area contributed by atoms with Crippen LogP contribution in [-0.2, 0) is 4.74 Å². The molecule has 0 saturated carbocycles. The number of hydrogen-bond donors (Lipinski definition) is 3. The second-order valence-corrected chi connectivity index (χ2v) is 6.19. The Kier molecular flexibility index (Phi) is 8.55. The van der Waals surface area contributed by atoms with Gasteiger partial charge in [-0.3, -0.25) is 5.32 Å². The molecule has 0 fully saturated rings. The Morgan fingerprint density at radius 1 is 1.22 bits per heavy atom. The molecule has 0 atom stereocenters. The molecule has 1 aromatic carbocycles. The Hall–Kier alpha value is -2.63. The lowest BCUT2D eigenvalue weighted by Gasteiger charge is -2.10. The fourth-order valence-corrected chi connectivity index (χ4v) is 2.71. The molecule has 0 saturated heterocycles. The van der Waals surface area contributed by atoms with Crippen molar-refractivity contribution in [2.45, 2.75) is 13.3 Å². The zero-order valence-corrected chi connectivity index (χ0v) is 16.5. The van der Waals surface area contributed by atoms with Crippen molar-refractivity contribution in [3.63, 3.8) is 0 Å². The van der Waals surface area contributed by atoms with Crippen LogP contribution >= 0.6 is 12.2 Å². The summed E-state index contributed by atoms with van der Waals surface area (Å²) in [4.78, 5) is 3.26. The van der Waals surface area contributed by atoms with Crippen LogP contribution in [0.1, 0.15) is 18.9 Å². The second-order valence-electron chi connectivity index (χ2n) is 5.78. The quantitative estimate of drug-likeness (QED) is 0.422. The van der Waals surface area contributed by atoms with Crippen molar-refractivity contribution in [2.75, 3.05) is 45.3 Å². The average Bonchev–Trinajstić information content (AvgIpc) is 2.69. The molecule has 0 bridgehead atoms. The molecule has 144 valence electrons. The van der Waals surface area contributed by atoms with Crippen LogP contribution in [0.4, 0.5) is 5.82 Å². The summed E-state index contributed by atoms with van der Waals surface area (Å²) in [6, 6.07) is 9.76. The highest BCUT2D eigenvalue weighted by Crippen LogP contribution is 2.21. The third kappa shape index (κ3) is 6.55. The number of nitriles is 1. The largest absolute Gasteiger partial charge is 0.497 e. The molecule has 4 N–H and O–H groups in total. The maximum absolute atomic E-state index is 9.41. The van der Waals surface area contributed by atoms with E-state index in [-0.39, 0.29) is 0 Å². The van der Waals surface area contributed by atoms with Crippen LogP contribution in [0.5, 0.6) is 5.75 Å². The van der Waals surface area contributed by atoms with Gasteiger partial charge in [-0.2, -0.15) is 5.26 Å². The van der Waals surface area contributed by atoms with Gasteiger partial charge in [0.2, 0.25) is 0 Å². The number of pyridine rings is 1. The molecule has 0 aliphatic carbocycles. The van der Waals surface area contributed by atoms with E-state index in [4.69, 9.17) is 21.7 Å². The van der Waals surface area contributed by atoms with E-state index < -0.39 is 0 Å². The summed E-state index contributed by atoms with van der Waals surface area (Å²) in [6.45, 7) is 5.48. The van der Waals surface area contributed by atoms with Gasteiger partial charge in [-0.1, -0.05) is 0 Å². The lowest BCUT2D eigenvalue weighted by atomic mass is 10.1. The number of ether oxygens (including phenoxy) is 2. The van der Waals surface area contributed by atoms with Crippen LogP contribution in [-0.4, -0.2) is 45.1 Å². The Bertz CT molecular complexity index is 807. The van der Waals surface area contributed by atoms with Crippen LogP contribution in [0.2, 0.25) is 0 Å². The van der Waals surface area contributed by atoms with Gasteiger partial charge in [0, 0.05) is 25.1 Å². The molecule has 1 aromatic heterocycles. The van der Waals surface area contributed by atoms with Crippen molar-refractivity contribution in [1.29, 1.82) is 5.26 Å². The number of nitrogens with one attached hydrogen (secondary N) is 4. The number of benzene rings is 1. The van der Waals surface area contributed by atoms with Crippen molar-refractivity contribution in [1.82, 2.24) is 10.6 Å². The first-order chi connectivity index (χ1) is 13.2. The molecule has 8 heteroatoms. The molecule has 0 amide bonds. The second kappa shape index (κ2) is 11.2. The minimum Gasteiger partial charge on any atom is -0.497 e. The smallest absolute Gasteiger partial charge is 0.290 e. The lowest BCUT2D eigenvalue weighted by molar-refractivity contribution is -0.327. The number of rotatable bonds is 10. The number of hydrogen-bond acceptors (Lipinski definition) is 5. The summed E-state index contributed by atoms with van der Waals surface area (Å²) in [5, 5.41) is 20.5. The van der Waals surface area contributed by atoms with Gasteiger partial charge in [0.1, 0.15) is 29.4 Å². The maximum Gasteiger partial charge on any atom is 0.290 e. The number of aromatic nitrogens is 1. The van der Waals surface area contributed by atoms with Crippen molar-refractivity contribution < 1.29 is 14.5 Å². The predicted octanol–water partition coefficient (Wildman–Crippen LogP) is 1.84. The summed E-state index contributed by atoms with van der Waals surface area (Å²) in [6.07, 6.45) is 0.913. The molecule has 0 unspecified atom stereocenters. The molecule has 0 aliphatic rings. The standard InChI is InChI=1S/C19H25N5O2S/c1-3-26-10-4-7-22-19(27)23-9-8-21-18-15(13-20)11-14-12-16(25-2)5-6-17(14)24-18/h5-6,11-12H,3-4,7-10H2,1-2H3,(H,21,24)(H2,22,23,27)/p+1. The third-order valence-electron chi connectivity index (χ3n) is 3.88. The molecule has 7 nitrogen and oxygen atoms in total. The van der Waals surface area contributed by atoms with Crippen molar-refractivity contribution >= 4 is 34.1 Å². The first-order valence-electron chi connectivity index (χ1n) is 8.95. The van der Waals surface area contributed by atoms with E-state index in [9.17, 15) is 5.26 Å². The normalized spacial score (nSPS) is 10.3. The number of methoxy groups -OCH3 is 1. The number of fused-ring (bicyclic) bond motifs is 1. The molecule has 0 spiro atoms. The zero-order chi connectivity index (χ0) is 19.5. The SMILES string of the molecule is CCOCCCNC(=S)NCCNc1[nH+]c2ccc(OC)cc2cc1C#N. The van der Waals surface area contributed by atoms with Gasteiger partial charge in [0.25, 0.3) is 5.82 Å². The number of anilines is 1. The van der Waals surface area contributed by atoms with Crippen molar-refractivity contribution in [3.05, 3.63) is 29.8 Å². The Morgan fingerprint density at radius 2 is 2.04 bits per heavy atom. The lowest BCUT2D eigenvalue weighted by Crippen LogP contribution is -2.38. The summed E-state index contributed by atoms with van der Waals surface area (Å²) in [5.74, 6) is 1.44. The van der Waals surface area contributed by atoms with Crippen LogP contribution in [0.25, 0.3) is 10.9 Å². The average molecular weight is 389 g/mol. The molecule has 2 rings (SSSR count). The van der Waals surface area contributed by atoms with E-state index >= 15 is 0 Å². The van der Waals surface area contributed by atoms with E-state index in [2.05, 4.69) is 27.0 Å². The van der Waals surface area contributed by atoms with Gasteiger partial charge >= 0.3 is 0 Å². The minimum absolute atomic E-state index is 0.548. The van der Waals surface area contributed by atoms with Crippen LogP contribution in [0.3, 0.4) is 0 Å². The fraction of sp³-hybridized carbons (Fsp3) is 0.421. The monoisotopic (exact) mass is 388 g/mol. The van der Waals surface area contributed by atoms with E-state index in [0.29, 0.717) is 29.6 Å². The molecule has 2 aromatic rings. The molecule has 0 aliphatic heterocycles. The molecule has 1 heterocycles. The molecular weight excluding hydrogens is 362 g/mol. The molecule has 0 radical (unpaired) electrons. The number of nitrogens with zero attached hydrogens (tertiary/aromatic N) is 1. The van der Waals surface area contributed by atoms with Gasteiger partial charge in [-0.05, 0) is 49.8 Å². The van der Waals surface area contributed by atoms with E-state index in [0.717, 1.165) is 42.8 Å². The van der Waals surface area contributed by atoms with Gasteiger partial charge < -0.3 is 20.1 Å². The van der Waals surface area contributed by atoms with Crippen molar-refractivity contribution in [2.24, 2.45) is 0 Å².